The Hall–Kier alpha value is -0.370. The Balaban J connectivity index is 3.21. The summed E-state index contributed by atoms with van der Waals surface area (Å²) in [4.78, 5) is 11.1. The highest BCUT2D eigenvalue weighted by atomic mass is 16.3. The van der Waals surface area contributed by atoms with Crippen molar-refractivity contribution in [2.45, 2.75) is 90.6 Å². The lowest BCUT2D eigenvalue weighted by Crippen LogP contribution is -2.06. The fraction of sp³-hybridized carbons (Fsp3) is 0.933. The Morgan fingerprint density at radius 3 is 2.06 bits per heavy atom. The SMILES string of the molecule is CCCCCC[C@@H](O)CCCCCC(=O)CC. The molecule has 0 heterocycles. The zero-order valence-electron chi connectivity index (χ0n) is 11.7. The Morgan fingerprint density at radius 1 is 0.941 bits per heavy atom. The van der Waals surface area contributed by atoms with Crippen LogP contribution in [0.1, 0.15) is 84.5 Å². The summed E-state index contributed by atoms with van der Waals surface area (Å²) < 4.78 is 0. The van der Waals surface area contributed by atoms with Crippen LogP contribution in [0.2, 0.25) is 0 Å². The second-order valence-corrected chi connectivity index (χ2v) is 4.99. The van der Waals surface area contributed by atoms with E-state index in [2.05, 4.69) is 6.92 Å². The summed E-state index contributed by atoms with van der Waals surface area (Å²) in [5.74, 6) is 0.366. The maximum Gasteiger partial charge on any atom is 0.132 e. The van der Waals surface area contributed by atoms with Crippen LogP contribution in [0, 0.1) is 0 Å². The normalized spacial score (nSPS) is 12.6. The van der Waals surface area contributed by atoms with Crippen LogP contribution >= 0.6 is 0 Å². The quantitative estimate of drug-likeness (QED) is 0.519. The number of hydrogen-bond acceptors (Lipinski definition) is 2. The number of Topliss-reactive ketones (excluding diaryl/α,β-unsaturated/α-hetero) is 1. The van der Waals surface area contributed by atoms with E-state index in [0.717, 1.165) is 44.9 Å². The van der Waals surface area contributed by atoms with E-state index < -0.39 is 0 Å². The van der Waals surface area contributed by atoms with Gasteiger partial charge in [0.2, 0.25) is 0 Å². The van der Waals surface area contributed by atoms with Crippen LogP contribution in [0.15, 0.2) is 0 Å². The van der Waals surface area contributed by atoms with Crippen LogP contribution < -0.4 is 0 Å². The number of carbonyl (C=O) groups is 1. The smallest absolute Gasteiger partial charge is 0.132 e. The maximum absolute atomic E-state index is 11.1. The van der Waals surface area contributed by atoms with Gasteiger partial charge in [-0.05, 0) is 19.3 Å². The third-order valence-electron chi connectivity index (χ3n) is 3.28. The topological polar surface area (TPSA) is 37.3 Å². The highest BCUT2D eigenvalue weighted by Gasteiger charge is 2.04. The molecular weight excluding hydrogens is 212 g/mol. The molecule has 0 saturated carbocycles. The van der Waals surface area contributed by atoms with Crippen molar-refractivity contribution in [3.05, 3.63) is 0 Å². The molecular formula is C15H30O2. The Morgan fingerprint density at radius 2 is 1.53 bits per heavy atom. The summed E-state index contributed by atoms with van der Waals surface area (Å²) in [6.45, 7) is 4.12. The standard InChI is InChI=1S/C15H30O2/c1-3-5-6-8-12-15(17)13-10-7-9-11-14(16)4-2/h15,17H,3-13H2,1-2H3/t15-/m1/s1. The second kappa shape index (κ2) is 12.1. The monoisotopic (exact) mass is 242 g/mol. The molecule has 1 N–H and O–H groups in total. The largest absolute Gasteiger partial charge is 0.393 e. The number of hydrogen-bond donors (Lipinski definition) is 1. The molecule has 0 amide bonds. The number of carbonyl (C=O) groups excluding carboxylic acids is 1. The first kappa shape index (κ1) is 16.6. The molecule has 0 aliphatic rings. The van der Waals surface area contributed by atoms with Gasteiger partial charge in [-0.2, -0.15) is 0 Å². The average molecular weight is 242 g/mol. The molecule has 0 aromatic heterocycles. The third-order valence-corrected chi connectivity index (χ3v) is 3.28. The zero-order valence-corrected chi connectivity index (χ0v) is 11.7. The van der Waals surface area contributed by atoms with E-state index in [1.54, 1.807) is 0 Å². The van der Waals surface area contributed by atoms with E-state index in [-0.39, 0.29) is 6.10 Å². The number of aliphatic hydroxyl groups is 1. The zero-order chi connectivity index (χ0) is 12.9. The summed E-state index contributed by atoms with van der Waals surface area (Å²) >= 11 is 0. The lowest BCUT2D eigenvalue weighted by molar-refractivity contribution is -0.118. The lowest BCUT2D eigenvalue weighted by atomic mass is 10.0. The van der Waals surface area contributed by atoms with Gasteiger partial charge in [-0.25, -0.2) is 0 Å². The van der Waals surface area contributed by atoms with Crippen molar-refractivity contribution in [1.29, 1.82) is 0 Å². The van der Waals surface area contributed by atoms with E-state index in [9.17, 15) is 9.90 Å². The molecule has 2 heteroatoms. The van der Waals surface area contributed by atoms with Gasteiger partial charge in [-0.3, -0.25) is 4.79 Å². The number of aliphatic hydroxyl groups excluding tert-OH is 1. The summed E-state index contributed by atoms with van der Waals surface area (Å²) in [7, 11) is 0. The Bertz CT molecular complexity index is 178. The van der Waals surface area contributed by atoms with Gasteiger partial charge < -0.3 is 5.11 Å². The van der Waals surface area contributed by atoms with E-state index in [0.29, 0.717) is 12.2 Å². The summed E-state index contributed by atoms with van der Waals surface area (Å²) in [5.41, 5.74) is 0. The molecule has 0 saturated heterocycles. The summed E-state index contributed by atoms with van der Waals surface area (Å²) in [6.07, 6.45) is 11.2. The van der Waals surface area contributed by atoms with Crippen LogP contribution in [-0.4, -0.2) is 17.0 Å². The predicted octanol–water partition coefficient (Wildman–Crippen LogP) is 4.25. The van der Waals surface area contributed by atoms with Crippen LogP contribution in [0.25, 0.3) is 0 Å². The van der Waals surface area contributed by atoms with E-state index in [1.807, 2.05) is 6.92 Å². The molecule has 17 heavy (non-hydrogen) atoms. The third kappa shape index (κ3) is 11.9. The first-order chi connectivity index (χ1) is 8.20. The van der Waals surface area contributed by atoms with E-state index >= 15 is 0 Å². The molecule has 0 radical (unpaired) electrons. The molecule has 0 fully saturated rings. The van der Waals surface area contributed by atoms with Crippen molar-refractivity contribution < 1.29 is 9.90 Å². The Kier molecular flexibility index (Phi) is 11.8. The van der Waals surface area contributed by atoms with Crippen LogP contribution in [-0.2, 0) is 4.79 Å². The molecule has 102 valence electrons. The van der Waals surface area contributed by atoms with Gasteiger partial charge in [0.25, 0.3) is 0 Å². The number of rotatable bonds is 12. The van der Waals surface area contributed by atoms with Gasteiger partial charge in [0.1, 0.15) is 5.78 Å². The molecule has 0 unspecified atom stereocenters. The average Bonchev–Trinajstić information content (AvgIpc) is 2.34. The summed E-state index contributed by atoms with van der Waals surface area (Å²) in [6, 6.07) is 0. The van der Waals surface area contributed by atoms with Gasteiger partial charge in [-0.15, -0.1) is 0 Å². The molecule has 1 atom stereocenters. The predicted molar refractivity (Wildman–Crippen MR) is 73.1 cm³/mol. The fourth-order valence-corrected chi connectivity index (χ4v) is 2.01. The molecule has 0 aromatic carbocycles. The molecule has 0 aliphatic heterocycles. The van der Waals surface area contributed by atoms with E-state index in [4.69, 9.17) is 0 Å². The number of ketones is 1. The molecule has 0 aliphatic carbocycles. The molecule has 0 bridgehead atoms. The van der Waals surface area contributed by atoms with Gasteiger partial charge in [0, 0.05) is 12.8 Å². The van der Waals surface area contributed by atoms with Crippen molar-refractivity contribution in [2.24, 2.45) is 0 Å². The van der Waals surface area contributed by atoms with Gasteiger partial charge in [-0.1, -0.05) is 52.4 Å². The minimum absolute atomic E-state index is 0.117. The Labute approximate surface area is 107 Å². The van der Waals surface area contributed by atoms with Gasteiger partial charge >= 0.3 is 0 Å². The van der Waals surface area contributed by atoms with Crippen molar-refractivity contribution in [1.82, 2.24) is 0 Å². The maximum atomic E-state index is 11.1. The fourth-order valence-electron chi connectivity index (χ4n) is 2.01. The van der Waals surface area contributed by atoms with Gasteiger partial charge in [0.15, 0.2) is 0 Å². The van der Waals surface area contributed by atoms with Crippen molar-refractivity contribution in [2.75, 3.05) is 0 Å². The second-order valence-electron chi connectivity index (χ2n) is 4.99. The minimum Gasteiger partial charge on any atom is -0.393 e. The van der Waals surface area contributed by atoms with Crippen molar-refractivity contribution in [3.63, 3.8) is 0 Å². The number of unbranched alkanes of at least 4 members (excludes halogenated alkanes) is 5. The van der Waals surface area contributed by atoms with Crippen LogP contribution in [0.5, 0.6) is 0 Å². The molecule has 0 aromatic rings. The van der Waals surface area contributed by atoms with Gasteiger partial charge in [0.05, 0.1) is 6.10 Å². The first-order valence-electron chi connectivity index (χ1n) is 7.40. The van der Waals surface area contributed by atoms with E-state index in [1.165, 1.54) is 19.3 Å². The molecule has 0 rings (SSSR count). The first-order valence-corrected chi connectivity index (χ1v) is 7.40. The summed E-state index contributed by atoms with van der Waals surface area (Å²) in [5, 5.41) is 9.74. The van der Waals surface area contributed by atoms with Crippen molar-refractivity contribution in [3.8, 4) is 0 Å². The highest BCUT2D eigenvalue weighted by molar-refractivity contribution is 5.77. The van der Waals surface area contributed by atoms with Crippen LogP contribution in [0.4, 0.5) is 0 Å². The molecule has 0 spiro atoms. The highest BCUT2D eigenvalue weighted by Crippen LogP contribution is 2.12. The lowest BCUT2D eigenvalue weighted by Gasteiger charge is -2.09. The minimum atomic E-state index is -0.117. The molecule has 2 nitrogen and oxygen atoms in total. The van der Waals surface area contributed by atoms with Crippen molar-refractivity contribution >= 4 is 5.78 Å². The van der Waals surface area contributed by atoms with Crippen LogP contribution in [0.3, 0.4) is 0 Å².